The minimum absolute atomic E-state index is 0.369. The predicted molar refractivity (Wildman–Crippen MR) is 85.2 cm³/mol. The first kappa shape index (κ1) is 14.6. The summed E-state index contributed by atoms with van der Waals surface area (Å²) in [5, 5.41) is 3.42. The first-order valence-corrected chi connectivity index (χ1v) is 8.26. The highest BCUT2D eigenvalue weighted by atomic mass is 16.2. The van der Waals surface area contributed by atoms with Gasteiger partial charge in [0.1, 0.15) is 0 Å². The summed E-state index contributed by atoms with van der Waals surface area (Å²) in [6.45, 7) is 6.27. The molecule has 0 bridgehead atoms. The molecule has 114 valence electrons. The van der Waals surface area contributed by atoms with Crippen molar-refractivity contribution >= 4 is 5.91 Å². The van der Waals surface area contributed by atoms with Gasteiger partial charge in [0.2, 0.25) is 5.91 Å². The molecule has 1 amide bonds. The van der Waals surface area contributed by atoms with Crippen LogP contribution in [0, 0.1) is 18.8 Å². The standard InChI is InChI=1S/C18H26N2O/c1-14-6-8-15(9-7-14)4-2-3-5-18(21)20-12-16-10-19-11-17(16)13-20/h6-9,16-17,19H,2-5,10-13H2,1H3/t16-,17+. The van der Waals surface area contributed by atoms with Crippen LogP contribution >= 0.6 is 0 Å². The van der Waals surface area contributed by atoms with Crippen molar-refractivity contribution in [2.24, 2.45) is 11.8 Å². The molecule has 3 heteroatoms. The zero-order valence-corrected chi connectivity index (χ0v) is 13.0. The normalized spacial score (nSPS) is 24.3. The molecule has 0 radical (unpaired) electrons. The van der Waals surface area contributed by atoms with E-state index in [1.54, 1.807) is 0 Å². The molecule has 2 atom stereocenters. The van der Waals surface area contributed by atoms with Gasteiger partial charge in [0.15, 0.2) is 0 Å². The number of likely N-dealkylation sites (tertiary alicyclic amines) is 1. The lowest BCUT2D eigenvalue weighted by molar-refractivity contribution is -0.130. The maximum Gasteiger partial charge on any atom is 0.222 e. The van der Waals surface area contributed by atoms with E-state index < -0.39 is 0 Å². The van der Waals surface area contributed by atoms with Crippen LogP contribution in [0.3, 0.4) is 0 Å². The molecule has 2 aliphatic rings. The number of nitrogens with one attached hydrogen (secondary N) is 1. The van der Waals surface area contributed by atoms with Crippen LogP contribution in [0.15, 0.2) is 24.3 Å². The van der Waals surface area contributed by atoms with Crippen molar-refractivity contribution < 1.29 is 4.79 Å². The Labute approximate surface area is 127 Å². The first-order valence-electron chi connectivity index (χ1n) is 8.26. The molecule has 2 fully saturated rings. The van der Waals surface area contributed by atoms with E-state index in [0.717, 1.165) is 51.9 Å². The van der Waals surface area contributed by atoms with Crippen molar-refractivity contribution in [3.05, 3.63) is 35.4 Å². The number of nitrogens with zero attached hydrogens (tertiary/aromatic N) is 1. The largest absolute Gasteiger partial charge is 0.342 e. The maximum atomic E-state index is 12.2. The van der Waals surface area contributed by atoms with Crippen LogP contribution in [0.25, 0.3) is 0 Å². The van der Waals surface area contributed by atoms with E-state index in [9.17, 15) is 4.79 Å². The second kappa shape index (κ2) is 6.61. The van der Waals surface area contributed by atoms with Gasteiger partial charge in [0.05, 0.1) is 0 Å². The highest BCUT2D eigenvalue weighted by molar-refractivity contribution is 5.76. The summed E-state index contributed by atoms with van der Waals surface area (Å²) >= 11 is 0. The quantitative estimate of drug-likeness (QED) is 0.843. The number of hydrogen-bond donors (Lipinski definition) is 1. The average Bonchev–Trinajstić information content (AvgIpc) is 3.06. The third-order valence-electron chi connectivity index (χ3n) is 4.97. The Balaban J connectivity index is 1.35. The van der Waals surface area contributed by atoms with Crippen LogP contribution in [0.5, 0.6) is 0 Å². The molecule has 2 saturated heterocycles. The molecule has 0 saturated carbocycles. The SMILES string of the molecule is Cc1ccc(CCCCC(=O)N2C[C@H]3CNC[C@H]3C2)cc1. The molecule has 0 unspecified atom stereocenters. The maximum absolute atomic E-state index is 12.2. The molecular formula is C18H26N2O. The first-order chi connectivity index (χ1) is 10.2. The predicted octanol–water partition coefficient (Wildman–Crippen LogP) is 2.39. The molecule has 2 aliphatic heterocycles. The number of amides is 1. The van der Waals surface area contributed by atoms with Crippen molar-refractivity contribution in [3.63, 3.8) is 0 Å². The monoisotopic (exact) mass is 286 g/mol. The number of fused-ring (bicyclic) bond motifs is 1. The highest BCUT2D eigenvalue weighted by Gasteiger charge is 2.37. The van der Waals surface area contributed by atoms with E-state index in [1.807, 2.05) is 0 Å². The van der Waals surface area contributed by atoms with Crippen LogP contribution in [-0.2, 0) is 11.2 Å². The molecule has 2 heterocycles. The number of rotatable bonds is 5. The van der Waals surface area contributed by atoms with E-state index in [0.29, 0.717) is 17.7 Å². The van der Waals surface area contributed by atoms with Crippen LogP contribution < -0.4 is 5.32 Å². The molecule has 0 aliphatic carbocycles. The van der Waals surface area contributed by atoms with Gasteiger partial charge in [-0.05, 0) is 43.6 Å². The fourth-order valence-electron chi connectivity index (χ4n) is 3.58. The van der Waals surface area contributed by atoms with Crippen molar-refractivity contribution in [1.29, 1.82) is 0 Å². The number of aryl methyl sites for hydroxylation is 2. The van der Waals surface area contributed by atoms with Gasteiger partial charge in [-0.3, -0.25) is 4.79 Å². The van der Waals surface area contributed by atoms with Crippen LogP contribution in [0.2, 0.25) is 0 Å². The highest BCUT2D eigenvalue weighted by Crippen LogP contribution is 2.26. The summed E-state index contributed by atoms with van der Waals surface area (Å²) in [5.41, 5.74) is 2.69. The smallest absolute Gasteiger partial charge is 0.222 e. The minimum atomic E-state index is 0.369. The lowest BCUT2D eigenvalue weighted by Gasteiger charge is -2.17. The van der Waals surface area contributed by atoms with E-state index in [1.165, 1.54) is 11.1 Å². The summed E-state index contributed by atoms with van der Waals surface area (Å²) in [4.78, 5) is 14.3. The van der Waals surface area contributed by atoms with Crippen molar-refractivity contribution in [1.82, 2.24) is 10.2 Å². The lowest BCUT2D eigenvalue weighted by Crippen LogP contribution is -2.31. The Hall–Kier alpha value is -1.35. The molecule has 1 N–H and O–H groups in total. The molecule has 1 aromatic carbocycles. The van der Waals surface area contributed by atoms with E-state index in [2.05, 4.69) is 41.4 Å². The summed E-state index contributed by atoms with van der Waals surface area (Å²) in [6.07, 6.45) is 3.93. The Kier molecular flexibility index (Phi) is 4.59. The Morgan fingerprint density at radius 1 is 1.14 bits per heavy atom. The van der Waals surface area contributed by atoms with Gasteiger partial charge in [-0.2, -0.15) is 0 Å². The third-order valence-corrected chi connectivity index (χ3v) is 4.97. The van der Waals surface area contributed by atoms with Gasteiger partial charge in [0.25, 0.3) is 0 Å². The van der Waals surface area contributed by atoms with E-state index in [4.69, 9.17) is 0 Å². The summed E-state index contributed by atoms with van der Waals surface area (Å²) in [5.74, 6) is 1.79. The zero-order valence-electron chi connectivity index (χ0n) is 13.0. The van der Waals surface area contributed by atoms with E-state index in [-0.39, 0.29) is 0 Å². The molecule has 0 spiro atoms. The average molecular weight is 286 g/mol. The second-order valence-corrected chi connectivity index (χ2v) is 6.67. The van der Waals surface area contributed by atoms with Gasteiger partial charge in [-0.25, -0.2) is 0 Å². The van der Waals surface area contributed by atoms with Crippen molar-refractivity contribution in [3.8, 4) is 0 Å². The second-order valence-electron chi connectivity index (χ2n) is 6.67. The fraction of sp³-hybridized carbons (Fsp3) is 0.611. The molecule has 3 nitrogen and oxygen atoms in total. The Morgan fingerprint density at radius 2 is 1.81 bits per heavy atom. The lowest BCUT2D eigenvalue weighted by atomic mass is 10.0. The number of carbonyl (C=O) groups is 1. The van der Waals surface area contributed by atoms with Crippen LogP contribution in [0.1, 0.15) is 30.4 Å². The van der Waals surface area contributed by atoms with Crippen LogP contribution in [0.4, 0.5) is 0 Å². The van der Waals surface area contributed by atoms with Crippen molar-refractivity contribution in [2.75, 3.05) is 26.2 Å². The minimum Gasteiger partial charge on any atom is -0.342 e. The molecule has 21 heavy (non-hydrogen) atoms. The van der Waals surface area contributed by atoms with Gasteiger partial charge >= 0.3 is 0 Å². The molecule has 0 aromatic heterocycles. The van der Waals surface area contributed by atoms with Crippen molar-refractivity contribution in [2.45, 2.75) is 32.6 Å². The number of hydrogen-bond acceptors (Lipinski definition) is 2. The molecule has 1 aromatic rings. The Morgan fingerprint density at radius 3 is 2.48 bits per heavy atom. The van der Waals surface area contributed by atoms with Gasteiger partial charge in [-0.15, -0.1) is 0 Å². The summed E-state index contributed by atoms with van der Waals surface area (Å²) < 4.78 is 0. The third kappa shape index (κ3) is 3.65. The summed E-state index contributed by atoms with van der Waals surface area (Å²) in [6, 6.07) is 8.73. The summed E-state index contributed by atoms with van der Waals surface area (Å²) in [7, 11) is 0. The molecule has 3 rings (SSSR count). The number of unbranched alkanes of at least 4 members (excludes halogenated alkanes) is 1. The van der Waals surface area contributed by atoms with Crippen LogP contribution in [-0.4, -0.2) is 37.0 Å². The fourth-order valence-corrected chi connectivity index (χ4v) is 3.58. The van der Waals surface area contributed by atoms with Gasteiger partial charge in [-0.1, -0.05) is 29.8 Å². The zero-order chi connectivity index (χ0) is 14.7. The number of benzene rings is 1. The van der Waals surface area contributed by atoms with Gasteiger partial charge < -0.3 is 10.2 Å². The van der Waals surface area contributed by atoms with Gasteiger partial charge in [0, 0.05) is 32.6 Å². The number of carbonyl (C=O) groups excluding carboxylic acids is 1. The Bertz CT molecular complexity index is 470. The van der Waals surface area contributed by atoms with E-state index >= 15 is 0 Å². The molecular weight excluding hydrogens is 260 g/mol. The topological polar surface area (TPSA) is 32.3 Å².